The van der Waals surface area contributed by atoms with Crippen molar-refractivity contribution in [1.82, 2.24) is 4.90 Å². The Morgan fingerprint density at radius 2 is 1.44 bits per heavy atom. The van der Waals surface area contributed by atoms with Crippen molar-refractivity contribution in [2.45, 2.75) is 31.1 Å². The van der Waals surface area contributed by atoms with Crippen molar-refractivity contribution in [1.29, 1.82) is 0 Å². The Hall–Kier alpha value is -3.20. The van der Waals surface area contributed by atoms with Crippen molar-refractivity contribution >= 4 is 35.1 Å². The number of benzene rings is 3. The highest BCUT2D eigenvalue weighted by molar-refractivity contribution is 6.37. The summed E-state index contributed by atoms with van der Waals surface area (Å²) in [6.07, 6.45) is 1.33. The number of hydrogen-bond donors (Lipinski definition) is 0. The Labute approximate surface area is 234 Å². The third-order valence-electron chi connectivity index (χ3n) is 7.11. The average Bonchev–Trinajstić information content (AvgIpc) is 3.19. The average molecular weight is 576 g/mol. The van der Waals surface area contributed by atoms with Crippen molar-refractivity contribution in [2.75, 3.05) is 19.7 Å². The van der Waals surface area contributed by atoms with Crippen LogP contribution in [0.4, 0.5) is 8.78 Å². The molecule has 6 nitrogen and oxygen atoms in total. The fourth-order valence-corrected chi connectivity index (χ4v) is 5.86. The van der Waals surface area contributed by atoms with Gasteiger partial charge in [0.05, 0.1) is 16.7 Å². The van der Waals surface area contributed by atoms with Crippen LogP contribution in [0.15, 0.2) is 66.7 Å². The molecule has 2 aliphatic heterocycles. The first kappa shape index (κ1) is 27.4. The molecule has 2 heterocycles. The molecular formula is C29H25Cl2F2NO5. The lowest BCUT2D eigenvalue weighted by Crippen LogP contribution is -2.56. The van der Waals surface area contributed by atoms with Crippen LogP contribution in [0.2, 0.25) is 10.0 Å². The molecule has 1 atom stereocenters. The van der Waals surface area contributed by atoms with E-state index in [4.69, 9.17) is 37.4 Å². The fraction of sp³-hybridized carbons (Fsp3) is 0.310. The van der Waals surface area contributed by atoms with Crippen LogP contribution in [-0.4, -0.2) is 42.4 Å². The molecular weight excluding hydrogens is 551 g/mol. The maximum absolute atomic E-state index is 13.7. The molecule has 0 N–H and O–H groups in total. The highest BCUT2D eigenvalue weighted by Crippen LogP contribution is 2.46. The van der Waals surface area contributed by atoms with Gasteiger partial charge in [-0.2, -0.15) is 0 Å². The zero-order valence-electron chi connectivity index (χ0n) is 20.7. The number of halogens is 4. The van der Waals surface area contributed by atoms with Crippen molar-refractivity contribution < 1.29 is 32.6 Å². The third kappa shape index (κ3) is 5.88. The molecule has 0 radical (unpaired) electrons. The summed E-state index contributed by atoms with van der Waals surface area (Å²) in [5.41, 5.74) is 1.63. The molecule has 0 amide bonds. The van der Waals surface area contributed by atoms with Gasteiger partial charge in [0.2, 0.25) is 0 Å². The van der Waals surface area contributed by atoms with Crippen LogP contribution in [0.3, 0.4) is 0 Å². The number of para-hydroxylation sites is 1. The van der Waals surface area contributed by atoms with Gasteiger partial charge in [0.1, 0.15) is 11.6 Å². The van der Waals surface area contributed by atoms with Gasteiger partial charge in [-0.05, 0) is 66.3 Å². The lowest BCUT2D eigenvalue weighted by atomic mass is 9.75. The maximum Gasteiger partial charge on any atom is 0.421 e. The number of rotatable bonds is 8. The zero-order valence-corrected chi connectivity index (χ0v) is 22.3. The standard InChI is InChI=1S/C29H25Cl2F2NO5/c30-23-3-1-4-24(31)26(23)37-16-2-14-34-15-13-20(17-29(34)38-27(35)28(36)39-29)25(18-5-9-21(32)10-6-18)19-7-11-22(33)12-8-19/h1,3-12,20,25H,2,13-17H2. The Balaban J connectivity index is 1.36. The van der Waals surface area contributed by atoms with E-state index in [0.29, 0.717) is 41.7 Å². The van der Waals surface area contributed by atoms with Crippen LogP contribution in [0, 0.1) is 17.6 Å². The van der Waals surface area contributed by atoms with Gasteiger partial charge in [-0.15, -0.1) is 0 Å². The zero-order chi connectivity index (χ0) is 27.6. The normalized spacial score (nSPS) is 18.8. The van der Waals surface area contributed by atoms with Gasteiger partial charge >= 0.3 is 17.8 Å². The maximum atomic E-state index is 13.7. The van der Waals surface area contributed by atoms with Crippen LogP contribution in [-0.2, 0) is 19.1 Å². The minimum atomic E-state index is -1.59. The molecule has 5 rings (SSSR count). The van der Waals surface area contributed by atoms with Gasteiger partial charge in [-0.3, -0.25) is 0 Å². The lowest BCUT2D eigenvalue weighted by molar-refractivity contribution is -0.272. The first-order valence-corrected chi connectivity index (χ1v) is 13.3. The van der Waals surface area contributed by atoms with E-state index in [2.05, 4.69) is 0 Å². The molecule has 1 spiro atoms. The van der Waals surface area contributed by atoms with Crippen LogP contribution in [0.5, 0.6) is 5.75 Å². The summed E-state index contributed by atoms with van der Waals surface area (Å²) in [5, 5.41) is 0.789. The summed E-state index contributed by atoms with van der Waals surface area (Å²) < 4.78 is 44.4. The molecule has 3 aromatic rings. The molecule has 2 saturated heterocycles. The number of likely N-dealkylation sites (tertiary alicyclic amines) is 1. The number of esters is 2. The summed E-state index contributed by atoms with van der Waals surface area (Å²) in [4.78, 5) is 26.2. The monoisotopic (exact) mass is 575 g/mol. The van der Waals surface area contributed by atoms with Crippen LogP contribution in [0.25, 0.3) is 0 Å². The van der Waals surface area contributed by atoms with Crippen molar-refractivity contribution in [3.05, 3.63) is 99.5 Å². The quantitative estimate of drug-likeness (QED) is 0.177. The SMILES string of the molecule is O=C1OC2(CC(C(c3ccc(F)cc3)c3ccc(F)cc3)CCN2CCCOc2c(Cl)cccc2Cl)OC1=O. The smallest absolute Gasteiger partial charge is 0.421 e. The molecule has 10 heteroatoms. The predicted molar refractivity (Wildman–Crippen MR) is 140 cm³/mol. The fourth-order valence-electron chi connectivity index (χ4n) is 5.35. The number of hydrogen-bond acceptors (Lipinski definition) is 6. The van der Waals surface area contributed by atoms with E-state index in [1.807, 2.05) is 4.90 Å². The summed E-state index contributed by atoms with van der Waals surface area (Å²) in [6.45, 7) is 1.11. The van der Waals surface area contributed by atoms with Gasteiger partial charge in [0.25, 0.3) is 0 Å². The lowest BCUT2D eigenvalue weighted by Gasteiger charge is -2.45. The van der Waals surface area contributed by atoms with E-state index in [1.165, 1.54) is 24.3 Å². The van der Waals surface area contributed by atoms with E-state index in [1.54, 1.807) is 42.5 Å². The first-order valence-electron chi connectivity index (χ1n) is 12.5. The summed E-state index contributed by atoms with van der Waals surface area (Å²) in [7, 11) is 0. The third-order valence-corrected chi connectivity index (χ3v) is 7.71. The molecule has 0 aliphatic carbocycles. The second kappa shape index (κ2) is 11.5. The highest BCUT2D eigenvalue weighted by atomic mass is 35.5. The molecule has 204 valence electrons. The van der Waals surface area contributed by atoms with E-state index in [0.717, 1.165) is 11.1 Å². The largest absolute Gasteiger partial charge is 0.490 e. The second-order valence-electron chi connectivity index (χ2n) is 9.57. The Kier molecular flexibility index (Phi) is 8.07. The van der Waals surface area contributed by atoms with Crippen LogP contribution >= 0.6 is 23.2 Å². The summed E-state index contributed by atoms with van der Waals surface area (Å²) >= 11 is 12.4. The molecule has 0 bridgehead atoms. The summed E-state index contributed by atoms with van der Waals surface area (Å²) in [5.74, 6) is -4.52. The second-order valence-corrected chi connectivity index (χ2v) is 10.4. The van der Waals surface area contributed by atoms with Crippen LogP contribution < -0.4 is 4.74 Å². The van der Waals surface area contributed by atoms with Crippen molar-refractivity contribution in [3.8, 4) is 5.75 Å². The van der Waals surface area contributed by atoms with E-state index in [9.17, 15) is 18.4 Å². The minimum absolute atomic E-state index is 0.172. The number of ether oxygens (including phenoxy) is 3. The Morgan fingerprint density at radius 3 is 1.97 bits per heavy atom. The number of piperidine rings is 1. The molecule has 0 saturated carbocycles. The van der Waals surface area contributed by atoms with Gasteiger partial charge in [0.15, 0.2) is 5.75 Å². The highest BCUT2D eigenvalue weighted by Gasteiger charge is 2.56. The molecule has 0 aromatic heterocycles. The van der Waals surface area contributed by atoms with Crippen molar-refractivity contribution in [2.24, 2.45) is 5.92 Å². The Morgan fingerprint density at radius 1 is 0.897 bits per heavy atom. The van der Waals surface area contributed by atoms with E-state index in [-0.39, 0.29) is 36.5 Å². The minimum Gasteiger partial charge on any atom is -0.490 e. The van der Waals surface area contributed by atoms with Gasteiger partial charge in [-0.25, -0.2) is 23.3 Å². The van der Waals surface area contributed by atoms with E-state index < -0.39 is 17.8 Å². The topological polar surface area (TPSA) is 65.1 Å². The Bertz CT molecular complexity index is 1270. The van der Waals surface area contributed by atoms with Gasteiger partial charge < -0.3 is 14.2 Å². The van der Waals surface area contributed by atoms with Gasteiger partial charge in [0, 0.05) is 25.4 Å². The predicted octanol–water partition coefficient (Wildman–Crippen LogP) is 6.34. The number of nitrogens with zero attached hydrogens (tertiary/aromatic N) is 1. The van der Waals surface area contributed by atoms with E-state index >= 15 is 0 Å². The molecule has 2 aliphatic rings. The van der Waals surface area contributed by atoms with Crippen molar-refractivity contribution in [3.63, 3.8) is 0 Å². The molecule has 1 unspecified atom stereocenters. The summed E-state index contributed by atoms with van der Waals surface area (Å²) in [6, 6.07) is 17.3. The van der Waals surface area contributed by atoms with Gasteiger partial charge in [-0.1, -0.05) is 53.5 Å². The molecule has 39 heavy (non-hydrogen) atoms. The van der Waals surface area contributed by atoms with Crippen LogP contribution in [0.1, 0.15) is 36.3 Å². The molecule has 3 aromatic carbocycles. The number of carbonyl (C=O) groups is 2. The number of carbonyl (C=O) groups excluding carboxylic acids is 2. The molecule has 2 fully saturated rings. The first-order chi connectivity index (χ1) is 18.8.